The van der Waals surface area contributed by atoms with Gasteiger partial charge in [0, 0.05) is 6.20 Å². The first-order valence-corrected chi connectivity index (χ1v) is 4.66. The van der Waals surface area contributed by atoms with Crippen molar-refractivity contribution in [2.24, 2.45) is 0 Å². The minimum Gasteiger partial charge on any atom is -0.384 e. The van der Waals surface area contributed by atoms with E-state index in [4.69, 9.17) is 0 Å². The average molecular weight is 205 g/mol. The van der Waals surface area contributed by atoms with Crippen LogP contribution in [-0.2, 0) is 10.2 Å². The molecule has 0 radical (unpaired) electrons. The summed E-state index contributed by atoms with van der Waals surface area (Å²) >= 11 is 0. The highest BCUT2D eigenvalue weighted by Crippen LogP contribution is 2.26. The molecule has 0 bridgehead atoms. The average Bonchev–Trinajstić information content (AvgIpc) is 2.41. The second kappa shape index (κ2) is 2.89. The molecule has 0 unspecified atom stereocenters. The molecule has 0 amide bonds. The normalized spacial score (nSPS) is 15.1. The zero-order valence-corrected chi connectivity index (χ0v) is 8.83. The summed E-state index contributed by atoms with van der Waals surface area (Å²) < 4.78 is 4.46. The lowest BCUT2D eigenvalue weighted by Crippen LogP contribution is -2.13. The summed E-state index contributed by atoms with van der Waals surface area (Å²) in [6.45, 7) is 6.04. The number of carbonyl (C=O) groups is 2. The molecule has 0 N–H and O–H groups in total. The van der Waals surface area contributed by atoms with E-state index in [9.17, 15) is 9.59 Å². The molecular weight excluding hydrogens is 194 g/mol. The van der Waals surface area contributed by atoms with Gasteiger partial charge in [0.2, 0.25) is 0 Å². The number of hydrogen-bond acceptors (Lipinski definition) is 4. The first-order valence-electron chi connectivity index (χ1n) is 4.66. The Bertz CT molecular complexity index is 457. The Morgan fingerprint density at radius 2 is 1.87 bits per heavy atom. The van der Waals surface area contributed by atoms with Gasteiger partial charge in [0.05, 0.1) is 5.56 Å². The zero-order valence-electron chi connectivity index (χ0n) is 8.83. The van der Waals surface area contributed by atoms with Gasteiger partial charge in [0.25, 0.3) is 0 Å². The molecule has 15 heavy (non-hydrogen) atoms. The maximum absolute atomic E-state index is 11.3. The van der Waals surface area contributed by atoms with Gasteiger partial charge in [0.15, 0.2) is 5.69 Å². The largest absolute Gasteiger partial charge is 0.384 e. The van der Waals surface area contributed by atoms with Crippen LogP contribution in [0.1, 0.15) is 47.2 Å². The summed E-state index contributed by atoms with van der Waals surface area (Å²) in [6, 6.07) is 1.68. The van der Waals surface area contributed by atoms with E-state index in [1.807, 2.05) is 20.8 Å². The zero-order chi connectivity index (χ0) is 11.2. The fraction of sp³-hybridized carbons (Fsp3) is 0.364. The molecule has 0 aliphatic carbocycles. The maximum atomic E-state index is 11.3. The van der Waals surface area contributed by atoms with E-state index in [1.165, 1.54) is 0 Å². The van der Waals surface area contributed by atoms with Gasteiger partial charge < -0.3 is 4.74 Å². The number of fused-ring (bicyclic) bond motifs is 1. The summed E-state index contributed by atoms with van der Waals surface area (Å²) in [5.41, 5.74) is 1.20. The molecule has 0 spiro atoms. The number of hydrogen-bond donors (Lipinski definition) is 0. The van der Waals surface area contributed by atoms with Gasteiger partial charge in [-0.3, -0.25) is 0 Å². The van der Waals surface area contributed by atoms with Crippen molar-refractivity contribution in [3.8, 4) is 0 Å². The van der Waals surface area contributed by atoms with Crippen LogP contribution in [0.25, 0.3) is 0 Å². The van der Waals surface area contributed by atoms with Gasteiger partial charge in [-0.15, -0.1) is 0 Å². The van der Waals surface area contributed by atoms with Gasteiger partial charge >= 0.3 is 11.9 Å². The van der Waals surface area contributed by atoms with Gasteiger partial charge in [-0.2, -0.15) is 0 Å². The molecule has 4 nitrogen and oxygen atoms in total. The molecule has 2 heterocycles. The van der Waals surface area contributed by atoms with Crippen molar-refractivity contribution in [1.29, 1.82) is 0 Å². The Morgan fingerprint density at radius 1 is 1.20 bits per heavy atom. The van der Waals surface area contributed by atoms with Crippen molar-refractivity contribution in [2.75, 3.05) is 0 Å². The van der Waals surface area contributed by atoms with Crippen LogP contribution < -0.4 is 0 Å². The Hall–Kier alpha value is -1.71. The van der Waals surface area contributed by atoms with Gasteiger partial charge in [0.1, 0.15) is 0 Å². The Labute approximate surface area is 87.3 Å². The number of ether oxygens (including phenoxy) is 1. The van der Waals surface area contributed by atoms with Crippen LogP contribution in [0.5, 0.6) is 0 Å². The number of nitrogens with zero attached hydrogens (tertiary/aromatic N) is 1. The molecule has 0 aromatic carbocycles. The van der Waals surface area contributed by atoms with Crippen molar-refractivity contribution in [1.82, 2.24) is 4.98 Å². The van der Waals surface area contributed by atoms with Gasteiger partial charge in [-0.1, -0.05) is 20.8 Å². The van der Waals surface area contributed by atoms with E-state index >= 15 is 0 Å². The van der Waals surface area contributed by atoms with Crippen molar-refractivity contribution in [3.05, 3.63) is 29.1 Å². The van der Waals surface area contributed by atoms with Crippen LogP contribution >= 0.6 is 0 Å². The second-order valence-electron chi connectivity index (χ2n) is 4.55. The van der Waals surface area contributed by atoms with Crippen molar-refractivity contribution >= 4 is 11.9 Å². The molecule has 0 atom stereocenters. The lowest BCUT2D eigenvalue weighted by atomic mass is 9.87. The molecule has 1 aromatic heterocycles. The number of rotatable bonds is 0. The molecule has 0 saturated carbocycles. The SMILES string of the molecule is CC(C)(C)c1cnc2c(c1)C(=O)OC2=O. The fourth-order valence-electron chi connectivity index (χ4n) is 1.38. The summed E-state index contributed by atoms with van der Waals surface area (Å²) in [5, 5.41) is 0. The summed E-state index contributed by atoms with van der Waals surface area (Å²) in [6.07, 6.45) is 1.61. The topological polar surface area (TPSA) is 56.3 Å². The van der Waals surface area contributed by atoms with E-state index in [0.717, 1.165) is 5.56 Å². The van der Waals surface area contributed by atoms with E-state index in [1.54, 1.807) is 12.3 Å². The van der Waals surface area contributed by atoms with Crippen LogP contribution in [-0.4, -0.2) is 16.9 Å². The van der Waals surface area contributed by atoms with Crippen LogP contribution in [0.15, 0.2) is 12.3 Å². The molecule has 4 heteroatoms. The molecular formula is C11H11NO3. The number of cyclic esters (lactones) is 2. The lowest BCUT2D eigenvalue weighted by Gasteiger charge is -2.18. The van der Waals surface area contributed by atoms with E-state index in [0.29, 0.717) is 0 Å². The highest BCUT2D eigenvalue weighted by molar-refractivity contribution is 6.13. The molecule has 0 saturated heterocycles. The third-order valence-electron chi connectivity index (χ3n) is 2.35. The molecule has 2 rings (SSSR count). The number of aromatic nitrogens is 1. The monoisotopic (exact) mass is 205 g/mol. The predicted molar refractivity (Wildman–Crippen MR) is 52.7 cm³/mol. The summed E-state index contributed by atoms with van der Waals surface area (Å²) in [7, 11) is 0. The maximum Gasteiger partial charge on any atom is 0.365 e. The number of carbonyl (C=O) groups excluding carboxylic acids is 2. The second-order valence-corrected chi connectivity index (χ2v) is 4.55. The lowest BCUT2D eigenvalue weighted by molar-refractivity contribution is 0.0441. The van der Waals surface area contributed by atoms with Gasteiger partial charge in [-0.05, 0) is 17.0 Å². The van der Waals surface area contributed by atoms with Gasteiger partial charge in [-0.25, -0.2) is 14.6 Å². The Balaban J connectivity index is 2.57. The van der Waals surface area contributed by atoms with E-state index in [2.05, 4.69) is 9.72 Å². The van der Waals surface area contributed by atoms with Crippen LogP contribution in [0.3, 0.4) is 0 Å². The third kappa shape index (κ3) is 1.52. The molecule has 1 aliphatic rings. The van der Waals surface area contributed by atoms with E-state index in [-0.39, 0.29) is 16.7 Å². The quantitative estimate of drug-likeness (QED) is 0.477. The Morgan fingerprint density at radius 3 is 2.47 bits per heavy atom. The van der Waals surface area contributed by atoms with Crippen LogP contribution in [0, 0.1) is 0 Å². The first kappa shape index (κ1) is 9.83. The molecule has 0 fully saturated rings. The summed E-state index contributed by atoms with van der Waals surface area (Å²) in [4.78, 5) is 26.4. The number of pyridine rings is 1. The number of esters is 2. The first-order chi connectivity index (χ1) is 6.89. The third-order valence-corrected chi connectivity index (χ3v) is 2.35. The molecule has 1 aliphatic heterocycles. The van der Waals surface area contributed by atoms with Crippen molar-refractivity contribution in [2.45, 2.75) is 26.2 Å². The smallest absolute Gasteiger partial charge is 0.365 e. The minimum atomic E-state index is -0.657. The van der Waals surface area contributed by atoms with Crippen molar-refractivity contribution in [3.63, 3.8) is 0 Å². The standard InChI is InChI=1S/C11H11NO3/c1-11(2,3)6-4-7-8(12-5-6)10(14)15-9(7)13/h4-5H,1-3H3. The highest BCUT2D eigenvalue weighted by atomic mass is 16.6. The van der Waals surface area contributed by atoms with E-state index < -0.39 is 11.9 Å². The fourth-order valence-corrected chi connectivity index (χ4v) is 1.38. The van der Waals surface area contributed by atoms with Crippen LogP contribution in [0.2, 0.25) is 0 Å². The highest BCUT2D eigenvalue weighted by Gasteiger charge is 2.32. The minimum absolute atomic E-state index is 0.103. The predicted octanol–water partition coefficient (Wildman–Crippen LogP) is 1.69. The Kier molecular flexibility index (Phi) is 1.89. The summed E-state index contributed by atoms with van der Waals surface area (Å²) in [5.74, 6) is -1.26. The molecule has 78 valence electrons. The van der Waals surface area contributed by atoms with Crippen molar-refractivity contribution < 1.29 is 14.3 Å². The van der Waals surface area contributed by atoms with Crippen LogP contribution in [0.4, 0.5) is 0 Å². The molecule has 1 aromatic rings.